The van der Waals surface area contributed by atoms with E-state index in [1.54, 1.807) is 0 Å². The van der Waals surface area contributed by atoms with Gasteiger partial charge < -0.3 is 5.32 Å². The van der Waals surface area contributed by atoms with Crippen molar-refractivity contribution in [2.75, 3.05) is 0 Å². The van der Waals surface area contributed by atoms with E-state index in [0.717, 1.165) is 55.5 Å². The van der Waals surface area contributed by atoms with Crippen molar-refractivity contribution >= 4 is 5.78 Å². The molecule has 186 valence electrons. The monoisotopic (exact) mass is 481 g/mol. The number of rotatable bonds is 4. The molecule has 1 aromatic rings. The first-order valence-corrected chi connectivity index (χ1v) is 13.5. The van der Waals surface area contributed by atoms with Crippen molar-refractivity contribution in [2.24, 2.45) is 23.2 Å². The summed E-state index contributed by atoms with van der Waals surface area (Å²) in [7, 11) is 0. The fourth-order valence-electron chi connectivity index (χ4n) is 7.07. The van der Waals surface area contributed by atoms with Crippen molar-refractivity contribution in [1.82, 2.24) is 5.32 Å². The second-order valence-electron chi connectivity index (χ2n) is 11.5. The molecule has 1 aromatic carbocycles. The summed E-state index contributed by atoms with van der Waals surface area (Å²) >= 11 is 0. The highest BCUT2D eigenvalue weighted by Gasteiger charge is 2.47. The van der Waals surface area contributed by atoms with E-state index < -0.39 is 11.7 Å². The Bertz CT molecular complexity index is 1090. The highest BCUT2D eigenvalue weighted by molar-refractivity contribution is 6.10. The molecule has 0 amide bonds. The first kappa shape index (κ1) is 23.1. The Morgan fingerprint density at radius 3 is 2.20 bits per heavy atom. The zero-order valence-corrected chi connectivity index (χ0v) is 20.2. The topological polar surface area (TPSA) is 29.1 Å². The van der Waals surface area contributed by atoms with Crippen LogP contribution in [0.25, 0.3) is 0 Å². The Morgan fingerprint density at radius 2 is 1.57 bits per heavy atom. The molecular weight excluding hydrogens is 447 g/mol. The number of carbonyl (C=O) groups is 1. The molecule has 1 heterocycles. The van der Waals surface area contributed by atoms with Gasteiger partial charge in [-0.05, 0) is 79.9 Å². The minimum Gasteiger partial charge on any atom is -0.361 e. The van der Waals surface area contributed by atoms with Gasteiger partial charge in [0.1, 0.15) is 0 Å². The van der Waals surface area contributed by atoms with Crippen LogP contribution in [0.15, 0.2) is 59.0 Å². The van der Waals surface area contributed by atoms with Crippen molar-refractivity contribution in [3.05, 3.63) is 70.1 Å². The van der Waals surface area contributed by atoms with Gasteiger partial charge in [-0.15, -0.1) is 0 Å². The molecule has 5 heteroatoms. The maximum Gasteiger partial charge on any atom is 0.416 e. The third-order valence-corrected chi connectivity index (χ3v) is 9.21. The third kappa shape index (κ3) is 4.29. The lowest BCUT2D eigenvalue weighted by atomic mass is 9.66. The summed E-state index contributed by atoms with van der Waals surface area (Å²) in [6.45, 7) is 0. The van der Waals surface area contributed by atoms with Gasteiger partial charge in [-0.3, -0.25) is 4.79 Å². The number of Topliss-reactive ketones (excluding diaryl/α,β-unsaturated/α-hetero) is 1. The van der Waals surface area contributed by atoms with E-state index in [4.69, 9.17) is 0 Å². The molecule has 0 bridgehead atoms. The second kappa shape index (κ2) is 8.67. The molecule has 1 aliphatic heterocycles. The summed E-state index contributed by atoms with van der Waals surface area (Å²) in [5.41, 5.74) is 4.48. The average molecular weight is 482 g/mol. The van der Waals surface area contributed by atoms with Crippen molar-refractivity contribution in [1.29, 1.82) is 0 Å². The van der Waals surface area contributed by atoms with E-state index in [-0.39, 0.29) is 11.7 Å². The molecule has 5 aliphatic rings. The maximum atomic E-state index is 14.2. The van der Waals surface area contributed by atoms with Gasteiger partial charge in [0.2, 0.25) is 0 Å². The van der Waals surface area contributed by atoms with Crippen molar-refractivity contribution in [3.8, 4) is 0 Å². The predicted octanol–water partition coefficient (Wildman–Crippen LogP) is 8.13. The van der Waals surface area contributed by atoms with Crippen LogP contribution >= 0.6 is 0 Å². The summed E-state index contributed by atoms with van der Waals surface area (Å²) in [5.74, 6) is 0.711. The van der Waals surface area contributed by atoms with Crippen LogP contribution in [0, 0.1) is 23.2 Å². The second-order valence-corrected chi connectivity index (χ2v) is 11.5. The third-order valence-electron chi connectivity index (χ3n) is 9.21. The van der Waals surface area contributed by atoms with Crippen molar-refractivity contribution in [3.63, 3.8) is 0 Å². The Labute approximate surface area is 205 Å². The lowest BCUT2D eigenvalue weighted by Gasteiger charge is -2.42. The quantitative estimate of drug-likeness (QED) is 0.440. The van der Waals surface area contributed by atoms with E-state index in [9.17, 15) is 18.0 Å². The molecule has 0 saturated heterocycles. The van der Waals surface area contributed by atoms with Gasteiger partial charge in [-0.25, -0.2) is 0 Å². The summed E-state index contributed by atoms with van der Waals surface area (Å²) in [6.07, 6.45) is 14.1. The van der Waals surface area contributed by atoms with Gasteiger partial charge in [0.05, 0.1) is 5.56 Å². The van der Waals surface area contributed by atoms with Crippen LogP contribution in [0.4, 0.5) is 13.2 Å². The number of hydrogen-bond acceptors (Lipinski definition) is 2. The molecule has 6 rings (SSSR count). The molecule has 2 nitrogen and oxygen atoms in total. The normalized spacial score (nSPS) is 26.8. The van der Waals surface area contributed by atoms with Gasteiger partial charge >= 0.3 is 6.18 Å². The number of ketones is 1. The number of hydrogen-bond donors (Lipinski definition) is 1. The molecule has 0 aromatic heterocycles. The molecular formula is C30H34F3NO. The lowest BCUT2D eigenvalue weighted by molar-refractivity contribution is -0.137. The number of benzene rings is 1. The zero-order valence-electron chi connectivity index (χ0n) is 20.2. The molecule has 1 spiro atoms. The van der Waals surface area contributed by atoms with E-state index in [1.807, 2.05) is 0 Å². The molecule has 3 saturated carbocycles. The van der Waals surface area contributed by atoms with Crippen LogP contribution < -0.4 is 5.32 Å². The van der Waals surface area contributed by atoms with Gasteiger partial charge in [0.15, 0.2) is 5.78 Å². The maximum absolute atomic E-state index is 14.2. The SMILES string of the molecule is O=C(C1=C(C2CCCC2)NC2=C(C=CC3(CC3)C2)C1C1CCCCC1)c1ccc(C(F)(F)F)cc1. The number of carbonyl (C=O) groups excluding carboxylic acids is 1. The van der Waals surface area contributed by atoms with E-state index in [1.165, 1.54) is 68.3 Å². The van der Waals surface area contributed by atoms with Crippen LogP contribution in [0.3, 0.4) is 0 Å². The Hall–Kier alpha value is -2.30. The van der Waals surface area contributed by atoms with Crippen LogP contribution in [0.2, 0.25) is 0 Å². The van der Waals surface area contributed by atoms with Gasteiger partial charge in [0.25, 0.3) is 0 Å². The average Bonchev–Trinajstić information content (AvgIpc) is 3.37. The highest BCUT2D eigenvalue weighted by atomic mass is 19.4. The molecule has 0 radical (unpaired) electrons. The van der Waals surface area contributed by atoms with Crippen LogP contribution in [0.1, 0.15) is 93.0 Å². The first-order chi connectivity index (χ1) is 16.8. The predicted molar refractivity (Wildman–Crippen MR) is 130 cm³/mol. The minimum atomic E-state index is -4.40. The minimum absolute atomic E-state index is 0.0456. The Balaban J connectivity index is 1.44. The Kier molecular flexibility index (Phi) is 5.73. The van der Waals surface area contributed by atoms with Crippen LogP contribution in [-0.2, 0) is 6.18 Å². The number of halogens is 3. The van der Waals surface area contributed by atoms with E-state index in [0.29, 0.717) is 22.8 Å². The molecule has 1 unspecified atom stereocenters. The van der Waals surface area contributed by atoms with Crippen molar-refractivity contribution in [2.45, 2.75) is 83.2 Å². The standard InChI is InChI=1S/C30H34F3NO/c31-30(32,33)22-12-10-21(11-13-22)28(35)26-25(19-6-2-1-3-7-19)23-14-15-29(16-17-29)18-24(23)34-27(26)20-8-4-5-9-20/h10-15,19-20,25,34H,1-9,16-18H2. The van der Waals surface area contributed by atoms with Crippen LogP contribution in [-0.4, -0.2) is 5.78 Å². The number of alkyl halides is 3. The zero-order chi connectivity index (χ0) is 24.2. The van der Waals surface area contributed by atoms with E-state index >= 15 is 0 Å². The smallest absolute Gasteiger partial charge is 0.361 e. The molecule has 35 heavy (non-hydrogen) atoms. The fourth-order valence-corrected chi connectivity index (χ4v) is 7.07. The molecule has 4 aliphatic carbocycles. The van der Waals surface area contributed by atoms with Crippen LogP contribution in [0.5, 0.6) is 0 Å². The Morgan fingerprint density at radius 1 is 0.914 bits per heavy atom. The fraction of sp³-hybridized carbons (Fsp3) is 0.567. The summed E-state index contributed by atoms with van der Waals surface area (Å²) in [4.78, 5) is 14.2. The lowest BCUT2D eigenvalue weighted by Crippen LogP contribution is -2.38. The molecule has 1 atom stereocenters. The number of dihydropyridines is 1. The molecule has 3 fully saturated rings. The van der Waals surface area contributed by atoms with Gasteiger partial charge in [-0.1, -0.05) is 56.4 Å². The molecule has 1 N–H and O–H groups in total. The van der Waals surface area contributed by atoms with Gasteiger partial charge in [-0.2, -0.15) is 13.2 Å². The number of allylic oxidation sites excluding steroid dienone is 6. The highest BCUT2D eigenvalue weighted by Crippen LogP contribution is 2.57. The van der Waals surface area contributed by atoms with E-state index in [2.05, 4.69) is 17.5 Å². The van der Waals surface area contributed by atoms with Gasteiger partial charge in [0, 0.05) is 28.4 Å². The summed E-state index contributed by atoms with van der Waals surface area (Å²) in [6, 6.07) is 4.86. The summed E-state index contributed by atoms with van der Waals surface area (Å²) < 4.78 is 39.5. The summed E-state index contributed by atoms with van der Waals surface area (Å²) in [5, 5.41) is 3.81. The first-order valence-electron chi connectivity index (χ1n) is 13.5. The largest absolute Gasteiger partial charge is 0.416 e. The van der Waals surface area contributed by atoms with Crippen molar-refractivity contribution < 1.29 is 18.0 Å². The number of nitrogens with one attached hydrogen (secondary N) is 1.